The first kappa shape index (κ1) is 29.2. The summed E-state index contributed by atoms with van der Waals surface area (Å²) in [5.74, 6) is -2.63. The van der Waals surface area contributed by atoms with Crippen LogP contribution >= 0.6 is 11.6 Å². The van der Waals surface area contributed by atoms with Crippen molar-refractivity contribution in [3.8, 4) is 11.1 Å². The van der Waals surface area contributed by atoms with Crippen molar-refractivity contribution in [2.45, 2.75) is 38.2 Å². The number of carbonyl (C=O) groups excluding carboxylic acids is 3. The number of aromatic amines is 1. The van der Waals surface area contributed by atoms with Gasteiger partial charge in [-0.2, -0.15) is 5.10 Å². The van der Waals surface area contributed by atoms with Crippen molar-refractivity contribution in [1.82, 2.24) is 24.6 Å². The summed E-state index contributed by atoms with van der Waals surface area (Å²) in [7, 11) is 0. The molecule has 0 spiro atoms. The number of aliphatic hydroxyl groups is 1. The fourth-order valence-electron chi connectivity index (χ4n) is 5.48. The molecule has 226 valence electrons. The lowest BCUT2D eigenvalue weighted by Crippen LogP contribution is -2.44. The van der Waals surface area contributed by atoms with Gasteiger partial charge in [-0.05, 0) is 25.1 Å². The van der Waals surface area contributed by atoms with Crippen LogP contribution in [0.2, 0.25) is 5.02 Å². The molecule has 3 atom stereocenters. The number of nitrogens with two attached hydrogens (primary N) is 1. The van der Waals surface area contributed by atoms with Crippen molar-refractivity contribution < 1.29 is 28.3 Å². The van der Waals surface area contributed by atoms with Crippen LogP contribution in [0.5, 0.6) is 0 Å². The summed E-state index contributed by atoms with van der Waals surface area (Å²) < 4.78 is 31.7. The van der Waals surface area contributed by atoms with E-state index in [0.717, 1.165) is 4.90 Å². The Hall–Kier alpha value is -4.88. The van der Waals surface area contributed by atoms with E-state index in [0.29, 0.717) is 33.3 Å². The van der Waals surface area contributed by atoms with E-state index in [1.54, 1.807) is 43.3 Å². The summed E-state index contributed by atoms with van der Waals surface area (Å²) in [6.45, 7) is 0.830. The first-order valence-electron chi connectivity index (χ1n) is 13.7. The van der Waals surface area contributed by atoms with Crippen LogP contribution in [0.15, 0.2) is 54.6 Å². The van der Waals surface area contributed by atoms with Gasteiger partial charge in [0.2, 0.25) is 11.8 Å². The number of halogens is 3. The summed E-state index contributed by atoms with van der Waals surface area (Å²) in [5.41, 5.74) is 7.01. The smallest absolute Gasteiger partial charge is 0.269 e. The number of nitrogens with one attached hydrogen (secondary N) is 2. The molecule has 5 N–H and O–H groups in total. The number of para-hydroxylation sites is 1. The monoisotopic (exact) mass is 621 g/mol. The lowest BCUT2D eigenvalue weighted by atomic mass is 10.0. The van der Waals surface area contributed by atoms with Gasteiger partial charge in [-0.15, -0.1) is 0 Å². The SMILES string of the molecule is CC(O)c1nc2ccc(-c3cccc(NC(=O)[C@@H]4C[C@@H](F)CN4C(=O)Cn4nc(C(N)=O)c5ccccc54)c3F)c(Cl)c2[nH]1. The average molecular weight is 622 g/mol. The predicted octanol–water partition coefficient (Wildman–Crippen LogP) is 4.10. The largest absolute Gasteiger partial charge is 0.385 e. The topological polar surface area (TPSA) is 159 Å². The molecule has 1 unspecified atom stereocenters. The number of hydrogen-bond acceptors (Lipinski definition) is 6. The molecule has 14 heteroatoms. The molecule has 0 bridgehead atoms. The number of carbonyl (C=O) groups is 3. The number of rotatable bonds is 7. The van der Waals surface area contributed by atoms with E-state index < -0.39 is 41.9 Å². The number of likely N-dealkylation sites (tertiary alicyclic amines) is 1. The standard InChI is InChI=1S/C30H26ClF2N7O4/c1-14(41)29-35-20-10-9-16(24(31)27(20)37-29)17-6-4-7-19(25(17)33)36-30(44)22-11-15(32)12-39(22)23(42)13-40-21-8-3-2-5-18(21)26(38-40)28(34)43/h2-10,14-15,22,41H,11-13H2,1H3,(H2,34,43)(H,35,37)(H,36,44)/t14?,15-,22+/m1/s1. The maximum atomic E-state index is 15.8. The molecule has 3 amide bonds. The number of amides is 3. The highest BCUT2D eigenvalue weighted by Gasteiger charge is 2.40. The van der Waals surface area contributed by atoms with Gasteiger partial charge in [0.05, 0.1) is 33.8 Å². The first-order chi connectivity index (χ1) is 21.0. The molecule has 1 aliphatic heterocycles. The summed E-state index contributed by atoms with van der Waals surface area (Å²) in [5, 5.41) is 17.1. The average Bonchev–Trinajstić information content (AvgIpc) is 3.70. The van der Waals surface area contributed by atoms with E-state index in [-0.39, 0.29) is 41.5 Å². The predicted molar refractivity (Wildman–Crippen MR) is 159 cm³/mol. The molecule has 0 saturated carbocycles. The Bertz CT molecular complexity index is 1960. The number of alkyl halides is 1. The number of anilines is 1. The van der Waals surface area contributed by atoms with Crippen LogP contribution in [0, 0.1) is 5.82 Å². The lowest BCUT2D eigenvalue weighted by molar-refractivity contribution is -0.137. The highest BCUT2D eigenvalue weighted by molar-refractivity contribution is 6.37. The van der Waals surface area contributed by atoms with Crippen molar-refractivity contribution in [2.24, 2.45) is 5.73 Å². The number of primary amides is 1. The lowest BCUT2D eigenvalue weighted by Gasteiger charge is -2.24. The van der Waals surface area contributed by atoms with Crippen molar-refractivity contribution in [3.63, 3.8) is 0 Å². The molecule has 0 radical (unpaired) electrons. The zero-order chi connectivity index (χ0) is 31.3. The Morgan fingerprint density at radius 3 is 2.68 bits per heavy atom. The highest BCUT2D eigenvalue weighted by Crippen LogP contribution is 2.37. The van der Waals surface area contributed by atoms with Gasteiger partial charge in [-0.25, -0.2) is 13.8 Å². The summed E-state index contributed by atoms with van der Waals surface area (Å²) >= 11 is 6.59. The van der Waals surface area contributed by atoms with Gasteiger partial charge in [0.15, 0.2) is 11.5 Å². The fraction of sp³-hybridized carbons (Fsp3) is 0.233. The molecule has 1 saturated heterocycles. The fourth-order valence-corrected chi connectivity index (χ4v) is 5.79. The molecule has 44 heavy (non-hydrogen) atoms. The second-order valence-electron chi connectivity index (χ2n) is 10.6. The third-order valence-electron chi connectivity index (χ3n) is 7.61. The molecule has 6 rings (SSSR count). The van der Waals surface area contributed by atoms with E-state index in [1.807, 2.05) is 0 Å². The van der Waals surface area contributed by atoms with Crippen LogP contribution in [-0.4, -0.2) is 66.2 Å². The second-order valence-corrected chi connectivity index (χ2v) is 10.9. The van der Waals surface area contributed by atoms with Gasteiger partial charge >= 0.3 is 0 Å². The molecule has 3 aromatic carbocycles. The van der Waals surface area contributed by atoms with Gasteiger partial charge < -0.3 is 26.0 Å². The van der Waals surface area contributed by atoms with Crippen LogP contribution in [0.25, 0.3) is 33.1 Å². The quantitative estimate of drug-likeness (QED) is 0.214. The number of H-pyrrole nitrogens is 1. The zero-order valence-electron chi connectivity index (χ0n) is 23.2. The van der Waals surface area contributed by atoms with E-state index in [9.17, 15) is 23.9 Å². The van der Waals surface area contributed by atoms with E-state index in [2.05, 4.69) is 20.4 Å². The van der Waals surface area contributed by atoms with Gasteiger partial charge in [0, 0.05) is 22.9 Å². The molecule has 11 nitrogen and oxygen atoms in total. The van der Waals surface area contributed by atoms with E-state index in [4.69, 9.17) is 17.3 Å². The minimum absolute atomic E-state index is 0.0157. The Labute approximate surface area is 253 Å². The number of fused-ring (bicyclic) bond motifs is 2. The first-order valence-corrected chi connectivity index (χ1v) is 14.1. The van der Waals surface area contributed by atoms with Gasteiger partial charge in [0.25, 0.3) is 5.91 Å². The summed E-state index contributed by atoms with van der Waals surface area (Å²) in [6, 6.07) is 13.0. The number of nitrogens with zero attached hydrogens (tertiary/aromatic N) is 4. The molecule has 1 fully saturated rings. The molecule has 5 aromatic rings. The van der Waals surface area contributed by atoms with Gasteiger partial charge in [-0.1, -0.05) is 48.0 Å². The van der Waals surface area contributed by atoms with Crippen LogP contribution in [0.1, 0.15) is 35.8 Å². The van der Waals surface area contributed by atoms with E-state index >= 15 is 4.39 Å². The zero-order valence-corrected chi connectivity index (χ0v) is 24.0. The molecule has 1 aliphatic rings. The van der Waals surface area contributed by atoms with Gasteiger partial charge in [-0.3, -0.25) is 19.1 Å². The Balaban J connectivity index is 1.24. The molecule has 2 aromatic heterocycles. The third-order valence-corrected chi connectivity index (χ3v) is 8.00. The van der Waals surface area contributed by atoms with E-state index in [1.165, 1.54) is 22.9 Å². The van der Waals surface area contributed by atoms with Crippen molar-refractivity contribution in [2.75, 3.05) is 11.9 Å². The van der Waals surface area contributed by atoms with Crippen LogP contribution in [-0.2, 0) is 16.1 Å². The maximum absolute atomic E-state index is 15.8. The molecule has 3 heterocycles. The minimum Gasteiger partial charge on any atom is -0.385 e. The maximum Gasteiger partial charge on any atom is 0.269 e. The van der Waals surface area contributed by atoms with Gasteiger partial charge in [0.1, 0.15) is 30.7 Å². The summed E-state index contributed by atoms with van der Waals surface area (Å²) in [4.78, 5) is 46.9. The summed E-state index contributed by atoms with van der Waals surface area (Å²) in [6.07, 6.45) is -2.62. The van der Waals surface area contributed by atoms with Crippen LogP contribution in [0.3, 0.4) is 0 Å². The van der Waals surface area contributed by atoms with Crippen molar-refractivity contribution >= 4 is 56.9 Å². The Morgan fingerprint density at radius 1 is 1.16 bits per heavy atom. The van der Waals surface area contributed by atoms with Crippen molar-refractivity contribution in [3.05, 3.63) is 77.0 Å². The minimum atomic E-state index is -1.48. The second kappa shape index (κ2) is 11.3. The Morgan fingerprint density at radius 2 is 1.93 bits per heavy atom. The third kappa shape index (κ3) is 5.13. The number of aliphatic hydroxyl groups excluding tert-OH is 1. The molecular weight excluding hydrogens is 596 g/mol. The number of benzene rings is 3. The molecular formula is C30H26ClF2N7O4. The van der Waals surface area contributed by atoms with Crippen LogP contribution in [0.4, 0.5) is 14.5 Å². The highest BCUT2D eigenvalue weighted by atomic mass is 35.5. The Kier molecular flexibility index (Phi) is 7.51. The molecule has 0 aliphatic carbocycles. The number of imidazole rings is 1. The number of hydrogen-bond donors (Lipinski definition) is 4. The number of aromatic nitrogens is 4. The normalized spacial score (nSPS) is 17.3. The van der Waals surface area contributed by atoms with Crippen LogP contribution < -0.4 is 11.1 Å². The van der Waals surface area contributed by atoms with Crippen molar-refractivity contribution in [1.29, 1.82) is 0 Å².